The van der Waals surface area contributed by atoms with Crippen molar-refractivity contribution in [3.8, 4) is 5.75 Å². The van der Waals surface area contributed by atoms with Crippen LogP contribution in [0, 0.1) is 5.41 Å². The molecule has 2 aromatic carbocycles. The molecule has 0 saturated heterocycles. The van der Waals surface area contributed by atoms with Gasteiger partial charge in [-0.1, -0.05) is 12.1 Å². The number of amides is 2. The van der Waals surface area contributed by atoms with Crippen LogP contribution >= 0.6 is 0 Å². The predicted molar refractivity (Wildman–Crippen MR) is 112 cm³/mol. The molecule has 0 aliphatic heterocycles. The molecule has 148 valence electrons. The van der Waals surface area contributed by atoms with E-state index in [1.54, 1.807) is 6.07 Å². The van der Waals surface area contributed by atoms with Crippen LogP contribution in [0.1, 0.15) is 26.7 Å². The highest BCUT2D eigenvalue weighted by molar-refractivity contribution is 6.17. The quantitative estimate of drug-likeness (QED) is 0.714. The number of rotatable bonds is 7. The lowest BCUT2D eigenvalue weighted by Crippen LogP contribution is -2.35. The molecule has 0 atom stereocenters. The summed E-state index contributed by atoms with van der Waals surface area (Å²) < 4.78 is 5.75. The van der Waals surface area contributed by atoms with Gasteiger partial charge in [-0.3, -0.25) is 9.59 Å². The molecule has 2 N–H and O–H groups in total. The van der Waals surface area contributed by atoms with E-state index in [2.05, 4.69) is 10.6 Å². The van der Waals surface area contributed by atoms with E-state index in [0.29, 0.717) is 30.0 Å². The standard InChI is InChI=1S/C22H27N3O3/c1-15(2)28-19-8-6-5-7-18(19)24-21(27)22(13-14-22)20(26)23-16-9-11-17(12-10-16)25(3)4/h5-12,15H,13-14H2,1-4H3,(H,23,26)(H,24,27). The van der Waals surface area contributed by atoms with E-state index in [1.165, 1.54) is 0 Å². The third-order valence-corrected chi connectivity index (χ3v) is 4.76. The summed E-state index contributed by atoms with van der Waals surface area (Å²) in [5.74, 6) is 0.0286. The maximum atomic E-state index is 12.9. The monoisotopic (exact) mass is 381 g/mol. The average molecular weight is 381 g/mol. The highest BCUT2D eigenvalue weighted by Crippen LogP contribution is 2.48. The lowest BCUT2D eigenvalue weighted by atomic mass is 10.0. The molecular formula is C22H27N3O3. The van der Waals surface area contributed by atoms with Crippen molar-refractivity contribution in [2.75, 3.05) is 29.6 Å². The van der Waals surface area contributed by atoms with Crippen LogP contribution in [0.4, 0.5) is 17.1 Å². The number of nitrogens with one attached hydrogen (secondary N) is 2. The number of hydrogen-bond acceptors (Lipinski definition) is 4. The van der Waals surface area contributed by atoms with Crippen molar-refractivity contribution in [3.05, 3.63) is 48.5 Å². The van der Waals surface area contributed by atoms with E-state index < -0.39 is 5.41 Å². The van der Waals surface area contributed by atoms with Gasteiger partial charge in [0.2, 0.25) is 11.8 Å². The van der Waals surface area contributed by atoms with Gasteiger partial charge in [-0.05, 0) is 63.1 Å². The second-order valence-corrected chi connectivity index (χ2v) is 7.59. The van der Waals surface area contributed by atoms with E-state index in [0.717, 1.165) is 5.69 Å². The van der Waals surface area contributed by atoms with Gasteiger partial charge in [-0.25, -0.2) is 0 Å². The molecule has 1 saturated carbocycles. The minimum atomic E-state index is -1.02. The number of anilines is 3. The molecule has 0 radical (unpaired) electrons. The summed E-state index contributed by atoms with van der Waals surface area (Å²) in [7, 11) is 3.91. The van der Waals surface area contributed by atoms with Crippen molar-refractivity contribution < 1.29 is 14.3 Å². The first kappa shape index (κ1) is 19.7. The van der Waals surface area contributed by atoms with Crippen LogP contribution in [-0.4, -0.2) is 32.0 Å². The van der Waals surface area contributed by atoms with Gasteiger partial charge in [0.05, 0.1) is 11.8 Å². The van der Waals surface area contributed by atoms with Crippen molar-refractivity contribution in [1.82, 2.24) is 0 Å². The molecule has 2 amide bonds. The van der Waals surface area contributed by atoms with E-state index in [4.69, 9.17) is 4.74 Å². The van der Waals surface area contributed by atoms with E-state index in [9.17, 15) is 9.59 Å². The van der Waals surface area contributed by atoms with E-state index in [-0.39, 0.29) is 17.9 Å². The van der Waals surface area contributed by atoms with Gasteiger partial charge >= 0.3 is 0 Å². The van der Waals surface area contributed by atoms with Gasteiger partial charge in [0.1, 0.15) is 11.2 Å². The van der Waals surface area contributed by atoms with Crippen LogP contribution in [0.25, 0.3) is 0 Å². The summed E-state index contributed by atoms with van der Waals surface area (Å²) in [6, 6.07) is 14.8. The number of carbonyl (C=O) groups is 2. The normalized spacial score (nSPS) is 14.3. The Bertz CT molecular complexity index is 856. The van der Waals surface area contributed by atoms with Crippen molar-refractivity contribution >= 4 is 28.9 Å². The summed E-state index contributed by atoms with van der Waals surface area (Å²) in [5, 5.41) is 5.75. The zero-order chi connectivity index (χ0) is 20.3. The van der Waals surface area contributed by atoms with Crippen LogP contribution in [0.3, 0.4) is 0 Å². The third kappa shape index (κ3) is 4.27. The Morgan fingerprint density at radius 3 is 2.14 bits per heavy atom. The Labute approximate surface area is 165 Å². The topological polar surface area (TPSA) is 70.7 Å². The summed E-state index contributed by atoms with van der Waals surface area (Å²) in [6.45, 7) is 3.85. The Balaban J connectivity index is 1.69. The van der Waals surface area contributed by atoms with Crippen LogP contribution < -0.4 is 20.3 Å². The molecule has 0 aromatic heterocycles. The van der Waals surface area contributed by atoms with E-state index in [1.807, 2.05) is 75.3 Å². The minimum absolute atomic E-state index is 0.0126. The molecule has 3 rings (SSSR count). The van der Waals surface area contributed by atoms with Gasteiger partial charge in [0, 0.05) is 25.5 Å². The smallest absolute Gasteiger partial charge is 0.240 e. The summed E-state index contributed by atoms with van der Waals surface area (Å²) in [6.07, 6.45) is 1.06. The molecule has 28 heavy (non-hydrogen) atoms. The number of ether oxygens (including phenoxy) is 1. The molecule has 0 bridgehead atoms. The first-order valence-electron chi connectivity index (χ1n) is 9.48. The summed E-state index contributed by atoms with van der Waals surface area (Å²) in [4.78, 5) is 27.7. The van der Waals surface area contributed by atoms with Crippen molar-refractivity contribution in [1.29, 1.82) is 0 Å². The zero-order valence-electron chi connectivity index (χ0n) is 16.8. The maximum absolute atomic E-state index is 12.9. The molecule has 0 heterocycles. The largest absolute Gasteiger partial charge is 0.489 e. The first-order valence-corrected chi connectivity index (χ1v) is 9.48. The highest BCUT2D eigenvalue weighted by Gasteiger charge is 2.56. The Kier molecular flexibility index (Phi) is 5.58. The van der Waals surface area contributed by atoms with Crippen LogP contribution in [0.5, 0.6) is 5.75 Å². The molecule has 0 unspecified atom stereocenters. The predicted octanol–water partition coefficient (Wildman–Crippen LogP) is 3.90. The van der Waals surface area contributed by atoms with Gasteiger partial charge < -0.3 is 20.3 Å². The number of para-hydroxylation sites is 2. The second kappa shape index (κ2) is 7.92. The number of nitrogens with zero attached hydrogens (tertiary/aromatic N) is 1. The molecular weight excluding hydrogens is 354 g/mol. The highest BCUT2D eigenvalue weighted by atomic mass is 16.5. The van der Waals surface area contributed by atoms with Crippen molar-refractivity contribution in [2.45, 2.75) is 32.8 Å². The Hall–Kier alpha value is -3.02. The van der Waals surface area contributed by atoms with Crippen molar-refractivity contribution in [3.63, 3.8) is 0 Å². The second-order valence-electron chi connectivity index (χ2n) is 7.59. The Morgan fingerprint density at radius 1 is 0.964 bits per heavy atom. The van der Waals surface area contributed by atoms with Gasteiger partial charge in [0.25, 0.3) is 0 Å². The molecule has 2 aromatic rings. The average Bonchev–Trinajstić information content (AvgIpc) is 3.45. The van der Waals surface area contributed by atoms with E-state index >= 15 is 0 Å². The van der Waals surface area contributed by atoms with Crippen molar-refractivity contribution in [2.24, 2.45) is 5.41 Å². The SMILES string of the molecule is CC(C)Oc1ccccc1NC(=O)C1(C(=O)Nc2ccc(N(C)C)cc2)CC1. The summed E-state index contributed by atoms with van der Waals surface area (Å²) in [5.41, 5.74) is 1.28. The maximum Gasteiger partial charge on any atom is 0.240 e. The number of benzene rings is 2. The van der Waals surface area contributed by atoms with Gasteiger partial charge in [0.15, 0.2) is 0 Å². The molecule has 6 heteroatoms. The molecule has 0 spiro atoms. The third-order valence-electron chi connectivity index (χ3n) is 4.76. The van der Waals surface area contributed by atoms with Crippen LogP contribution in [-0.2, 0) is 9.59 Å². The van der Waals surface area contributed by atoms with Gasteiger partial charge in [-0.2, -0.15) is 0 Å². The van der Waals surface area contributed by atoms with Crippen LogP contribution in [0.15, 0.2) is 48.5 Å². The minimum Gasteiger partial charge on any atom is -0.489 e. The fourth-order valence-electron chi connectivity index (χ4n) is 2.94. The zero-order valence-corrected chi connectivity index (χ0v) is 16.8. The van der Waals surface area contributed by atoms with Crippen LogP contribution in [0.2, 0.25) is 0 Å². The lowest BCUT2D eigenvalue weighted by molar-refractivity contribution is -0.131. The molecule has 1 fully saturated rings. The molecule has 6 nitrogen and oxygen atoms in total. The fraction of sp³-hybridized carbons (Fsp3) is 0.364. The molecule has 1 aliphatic carbocycles. The number of hydrogen-bond donors (Lipinski definition) is 2. The number of carbonyl (C=O) groups excluding carboxylic acids is 2. The first-order chi connectivity index (χ1) is 13.3. The lowest BCUT2D eigenvalue weighted by Gasteiger charge is -2.19. The fourth-order valence-corrected chi connectivity index (χ4v) is 2.94. The Morgan fingerprint density at radius 2 is 1.57 bits per heavy atom. The summed E-state index contributed by atoms with van der Waals surface area (Å²) >= 11 is 0. The van der Waals surface area contributed by atoms with Gasteiger partial charge in [-0.15, -0.1) is 0 Å². The molecule has 1 aliphatic rings.